The van der Waals surface area contributed by atoms with Crippen molar-refractivity contribution in [2.24, 2.45) is 0 Å². The van der Waals surface area contributed by atoms with Gasteiger partial charge >= 0.3 is 0 Å². The molecule has 0 spiro atoms. The summed E-state index contributed by atoms with van der Waals surface area (Å²) in [6.07, 6.45) is 1.20. The van der Waals surface area contributed by atoms with E-state index in [4.69, 9.17) is 0 Å². The molecule has 0 bridgehead atoms. The van der Waals surface area contributed by atoms with Crippen LogP contribution >= 0.6 is 0 Å². The topological polar surface area (TPSA) is 66.5 Å². The van der Waals surface area contributed by atoms with Gasteiger partial charge in [-0.1, -0.05) is 18.2 Å². The minimum absolute atomic E-state index is 0.136. The molecule has 0 saturated carbocycles. The molecular formula is C19H24N2O3S. The fraction of sp³-hybridized carbons (Fsp3) is 0.316. The molecule has 0 aromatic heterocycles. The smallest absolute Gasteiger partial charge is 0.251 e. The Morgan fingerprint density at radius 1 is 1.04 bits per heavy atom. The van der Waals surface area contributed by atoms with Crippen LogP contribution in [-0.2, 0) is 16.6 Å². The number of anilines is 1. The van der Waals surface area contributed by atoms with Crippen LogP contribution in [0.15, 0.2) is 42.5 Å². The van der Waals surface area contributed by atoms with Gasteiger partial charge < -0.3 is 5.32 Å². The predicted octanol–water partition coefficient (Wildman–Crippen LogP) is 3.02. The number of aryl methyl sites for hydroxylation is 2. The first kappa shape index (κ1) is 19.0. The lowest BCUT2D eigenvalue weighted by Crippen LogP contribution is -2.29. The van der Waals surface area contributed by atoms with Crippen molar-refractivity contribution in [3.8, 4) is 0 Å². The van der Waals surface area contributed by atoms with Crippen LogP contribution in [0, 0.1) is 13.8 Å². The monoisotopic (exact) mass is 360 g/mol. The Morgan fingerprint density at radius 2 is 1.68 bits per heavy atom. The van der Waals surface area contributed by atoms with Crippen LogP contribution in [0.2, 0.25) is 0 Å². The molecule has 0 saturated heterocycles. The third-order valence-corrected chi connectivity index (χ3v) is 5.20. The zero-order valence-electron chi connectivity index (χ0n) is 15.0. The molecular weight excluding hydrogens is 336 g/mol. The number of amides is 1. The summed E-state index contributed by atoms with van der Waals surface area (Å²) in [5, 5.41) is 2.74. The van der Waals surface area contributed by atoms with Crippen LogP contribution < -0.4 is 9.62 Å². The standard InChI is InChI=1S/C19H24N2O3S/c1-5-20-19(22)17-9-7-16(8-10-17)13-21(25(4,23)24)18-11-6-14(2)15(3)12-18/h6-12H,5,13H2,1-4H3,(H,20,22). The van der Waals surface area contributed by atoms with Crippen LogP contribution in [0.3, 0.4) is 0 Å². The fourth-order valence-electron chi connectivity index (χ4n) is 2.47. The number of hydrogen-bond donors (Lipinski definition) is 1. The largest absolute Gasteiger partial charge is 0.352 e. The van der Waals surface area contributed by atoms with Crippen molar-refractivity contribution in [1.82, 2.24) is 5.32 Å². The maximum atomic E-state index is 12.3. The van der Waals surface area contributed by atoms with E-state index >= 15 is 0 Å². The van der Waals surface area contributed by atoms with Gasteiger partial charge in [0.1, 0.15) is 0 Å². The second-order valence-corrected chi connectivity index (χ2v) is 8.00. The van der Waals surface area contributed by atoms with E-state index in [-0.39, 0.29) is 12.5 Å². The SMILES string of the molecule is CCNC(=O)c1ccc(CN(c2ccc(C)c(C)c2)S(C)(=O)=O)cc1. The minimum Gasteiger partial charge on any atom is -0.352 e. The Hall–Kier alpha value is -2.34. The maximum absolute atomic E-state index is 12.3. The van der Waals surface area contributed by atoms with Crippen molar-refractivity contribution >= 4 is 21.6 Å². The van der Waals surface area contributed by atoms with Crippen LogP contribution in [0.1, 0.15) is 34.0 Å². The van der Waals surface area contributed by atoms with Crippen molar-refractivity contribution in [2.45, 2.75) is 27.3 Å². The van der Waals surface area contributed by atoms with Gasteiger partial charge in [0.25, 0.3) is 5.91 Å². The van der Waals surface area contributed by atoms with Gasteiger partial charge in [0, 0.05) is 12.1 Å². The fourth-order valence-corrected chi connectivity index (χ4v) is 3.35. The number of nitrogens with zero attached hydrogens (tertiary/aromatic N) is 1. The van der Waals surface area contributed by atoms with Gasteiger partial charge in [-0.2, -0.15) is 0 Å². The van der Waals surface area contributed by atoms with Crippen molar-refractivity contribution in [3.05, 3.63) is 64.7 Å². The molecule has 1 N–H and O–H groups in total. The number of carbonyl (C=O) groups excluding carboxylic acids is 1. The molecule has 134 valence electrons. The van der Waals surface area contributed by atoms with E-state index in [1.807, 2.05) is 39.0 Å². The van der Waals surface area contributed by atoms with Crippen molar-refractivity contribution in [1.29, 1.82) is 0 Å². The molecule has 0 atom stereocenters. The molecule has 0 unspecified atom stereocenters. The lowest BCUT2D eigenvalue weighted by Gasteiger charge is -2.23. The lowest BCUT2D eigenvalue weighted by molar-refractivity contribution is 0.0956. The second kappa shape index (κ2) is 7.70. The summed E-state index contributed by atoms with van der Waals surface area (Å²) in [5.74, 6) is -0.136. The summed E-state index contributed by atoms with van der Waals surface area (Å²) in [7, 11) is -3.43. The van der Waals surface area contributed by atoms with E-state index < -0.39 is 10.0 Å². The molecule has 0 aliphatic heterocycles. The molecule has 0 heterocycles. The summed E-state index contributed by atoms with van der Waals surface area (Å²) < 4.78 is 25.9. The number of hydrogen-bond acceptors (Lipinski definition) is 3. The van der Waals surface area contributed by atoms with Crippen LogP contribution in [0.4, 0.5) is 5.69 Å². The molecule has 1 amide bonds. The molecule has 6 heteroatoms. The highest BCUT2D eigenvalue weighted by atomic mass is 32.2. The van der Waals surface area contributed by atoms with Gasteiger partial charge in [-0.25, -0.2) is 8.42 Å². The molecule has 2 aromatic carbocycles. The first-order chi connectivity index (χ1) is 11.7. The summed E-state index contributed by atoms with van der Waals surface area (Å²) in [6, 6.07) is 12.6. The zero-order valence-corrected chi connectivity index (χ0v) is 15.9. The predicted molar refractivity (Wildman–Crippen MR) is 101 cm³/mol. The quantitative estimate of drug-likeness (QED) is 0.861. The van der Waals surface area contributed by atoms with Gasteiger partial charge in [-0.05, 0) is 61.7 Å². The molecule has 5 nitrogen and oxygen atoms in total. The molecule has 0 aliphatic rings. The van der Waals surface area contributed by atoms with Crippen molar-refractivity contribution in [3.63, 3.8) is 0 Å². The van der Waals surface area contributed by atoms with E-state index in [2.05, 4.69) is 5.32 Å². The van der Waals surface area contributed by atoms with Crippen molar-refractivity contribution < 1.29 is 13.2 Å². The highest BCUT2D eigenvalue weighted by Crippen LogP contribution is 2.23. The van der Waals surface area contributed by atoms with Crippen molar-refractivity contribution in [2.75, 3.05) is 17.1 Å². The number of nitrogens with one attached hydrogen (secondary N) is 1. The van der Waals surface area contributed by atoms with Crippen LogP contribution in [0.25, 0.3) is 0 Å². The third-order valence-electron chi connectivity index (χ3n) is 4.06. The average molecular weight is 360 g/mol. The molecule has 0 radical (unpaired) electrons. The van der Waals surface area contributed by atoms with Gasteiger partial charge in [-0.15, -0.1) is 0 Å². The maximum Gasteiger partial charge on any atom is 0.251 e. The number of benzene rings is 2. The second-order valence-electron chi connectivity index (χ2n) is 6.09. The molecule has 2 aromatic rings. The van der Waals surface area contributed by atoms with Crippen LogP contribution in [0.5, 0.6) is 0 Å². The minimum atomic E-state index is -3.43. The highest BCUT2D eigenvalue weighted by Gasteiger charge is 2.18. The Morgan fingerprint density at radius 3 is 2.20 bits per heavy atom. The zero-order chi connectivity index (χ0) is 18.6. The van der Waals surface area contributed by atoms with E-state index in [9.17, 15) is 13.2 Å². The van der Waals surface area contributed by atoms with E-state index in [1.165, 1.54) is 10.6 Å². The summed E-state index contributed by atoms with van der Waals surface area (Å²) in [6.45, 7) is 6.59. The highest BCUT2D eigenvalue weighted by molar-refractivity contribution is 7.92. The summed E-state index contributed by atoms with van der Waals surface area (Å²) >= 11 is 0. The molecule has 25 heavy (non-hydrogen) atoms. The van der Waals surface area contributed by atoms with E-state index in [1.54, 1.807) is 24.3 Å². The van der Waals surface area contributed by atoms with E-state index in [0.29, 0.717) is 17.8 Å². The lowest BCUT2D eigenvalue weighted by atomic mass is 10.1. The molecule has 0 fully saturated rings. The Balaban J connectivity index is 2.29. The number of sulfonamides is 1. The summed E-state index contributed by atoms with van der Waals surface area (Å²) in [4.78, 5) is 11.8. The van der Waals surface area contributed by atoms with Gasteiger partial charge in [0.2, 0.25) is 10.0 Å². The first-order valence-corrected chi connectivity index (χ1v) is 9.99. The Kier molecular flexibility index (Phi) is 5.85. The number of carbonyl (C=O) groups is 1. The molecule has 2 rings (SSSR count). The third kappa shape index (κ3) is 4.82. The average Bonchev–Trinajstić information content (AvgIpc) is 2.55. The molecule has 0 aliphatic carbocycles. The van der Waals surface area contributed by atoms with Crippen LogP contribution in [-0.4, -0.2) is 27.1 Å². The van der Waals surface area contributed by atoms with Gasteiger partial charge in [0.05, 0.1) is 18.5 Å². The normalized spacial score (nSPS) is 11.2. The first-order valence-electron chi connectivity index (χ1n) is 8.14. The van der Waals surface area contributed by atoms with Gasteiger partial charge in [-0.3, -0.25) is 9.10 Å². The number of rotatable bonds is 6. The summed E-state index contributed by atoms with van der Waals surface area (Å²) in [5.41, 5.74) is 4.17. The Bertz CT molecular complexity index is 859. The van der Waals surface area contributed by atoms with Gasteiger partial charge in [0.15, 0.2) is 0 Å². The van der Waals surface area contributed by atoms with E-state index in [0.717, 1.165) is 16.7 Å². The Labute approximate surface area is 149 Å².